The van der Waals surface area contributed by atoms with Crippen LogP contribution in [0.5, 0.6) is 0 Å². The second-order valence-corrected chi connectivity index (χ2v) is 6.61. The lowest BCUT2D eigenvalue weighted by atomic mass is 9.99. The van der Waals surface area contributed by atoms with Crippen molar-refractivity contribution in [1.82, 2.24) is 5.32 Å². The maximum absolute atomic E-state index is 11.9. The van der Waals surface area contributed by atoms with E-state index in [1.165, 1.54) is 5.56 Å². The van der Waals surface area contributed by atoms with Crippen molar-refractivity contribution in [3.05, 3.63) is 35.9 Å². The van der Waals surface area contributed by atoms with E-state index in [9.17, 15) is 9.59 Å². The van der Waals surface area contributed by atoms with E-state index in [1.807, 2.05) is 32.0 Å². The lowest BCUT2D eigenvalue weighted by Gasteiger charge is -2.33. The number of ether oxygens (including phenoxy) is 2. The molecule has 23 heavy (non-hydrogen) atoms. The average Bonchev–Trinajstić information content (AvgIpc) is 2.50. The largest absolute Gasteiger partial charge is 0.458 e. The SMILES string of the molecule is C[C@@H]1OC(=O)[C@@H]1NC(=O)OC(C)(C)CCCCc1ccccc1. The van der Waals surface area contributed by atoms with Crippen molar-refractivity contribution in [2.45, 2.75) is 64.2 Å². The van der Waals surface area contributed by atoms with Crippen molar-refractivity contribution in [2.24, 2.45) is 0 Å². The Hall–Kier alpha value is -2.04. The van der Waals surface area contributed by atoms with Gasteiger partial charge in [-0.1, -0.05) is 30.3 Å². The molecular weight excluding hydrogens is 294 g/mol. The number of amides is 1. The van der Waals surface area contributed by atoms with Gasteiger partial charge in [0.1, 0.15) is 11.7 Å². The number of rotatable bonds is 7. The number of hydrogen-bond donors (Lipinski definition) is 1. The summed E-state index contributed by atoms with van der Waals surface area (Å²) in [6, 6.07) is 9.74. The highest BCUT2D eigenvalue weighted by atomic mass is 16.6. The van der Waals surface area contributed by atoms with E-state index in [1.54, 1.807) is 6.92 Å². The third-order valence-electron chi connectivity index (χ3n) is 4.00. The minimum atomic E-state index is -0.587. The molecule has 1 amide bonds. The van der Waals surface area contributed by atoms with E-state index >= 15 is 0 Å². The Kier molecular flexibility index (Phi) is 5.64. The predicted molar refractivity (Wildman–Crippen MR) is 87.0 cm³/mol. The van der Waals surface area contributed by atoms with Crippen LogP contribution in [0.1, 0.15) is 45.6 Å². The van der Waals surface area contributed by atoms with Crippen LogP contribution in [-0.2, 0) is 20.7 Å². The first-order valence-electron chi connectivity index (χ1n) is 8.11. The second-order valence-electron chi connectivity index (χ2n) is 6.61. The van der Waals surface area contributed by atoms with Gasteiger partial charge in [0.05, 0.1) is 0 Å². The highest BCUT2D eigenvalue weighted by molar-refractivity contribution is 5.86. The summed E-state index contributed by atoms with van der Waals surface area (Å²) >= 11 is 0. The maximum Gasteiger partial charge on any atom is 0.408 e. The van der Waals surface area contributed by atoms with Crippen molar-refractivity contribution in [2.75, 3.05) is 0 Å². The molecule has 0 aliphatic carbocycles. The Balaban J connectivity index is 1.67. The van der Waals surface area contributed by atoms with Crippen LogP contribution >= 0.6 is 0 Å². The molecule has 5 nitrogen and oxygen atoms in total. The summed E-state index contributed by atoms with van der Waals surface area (Å²) < 4.78 is 10.2. The van der Waals surface area contributed by atoms with Gasteiger partial charge in [-0.25, -0.2) is 9.59 Å². The molecule has 0 radical (unpaired) electrons. The number of cyclic esters (lactones) is 1. The number of nitrogens with one attached hydrogen (secondary N) is 1. The van der Waals surface area contributed by atoms with Gasteiger partial charge < -0.3 is 14.8 Å². The number of hydrogen-bond acceptors (Lipinski definition) is 4. The van der Waals surface area contributed by atoms with Crippen LogP contribution < -0.4 is 5.32 Å². The van der Waals surface area contributed by atoms with Gasteiger partial charge in [0.15, 0.2) is 6.04 Å². The van der Waals surface area contributed by atoms with Crippen LogP contribution in [0.2, 0.25) is 0 Å². The molecule has 1 fully saturated rings. The lowest BCUT2D eigenvalue weighted by Crippen LogP contribution is -2.59. The molecule has 0 saturated carbocycles. The first-order chi connectivity index (χ1) is 10.9. The molecule has 1 aliphatic heterocycles. The zero-order valence-electron chi connectivity index (χ0n) is 14.0. The third-order valence-corrected chi connectivity index (χ3v) is 4.00. The third kappa shape index (κ3) is 5.27. The predicted octanol–water partition coefficient (Wildman–Crippen LogP) is 3.22. The number of esters is 1. The molecule has 1 saturated heterocycles. The van der Waals surface area contributed by atoms with E-state index in [4.69, 9.17) is 9.47 Å². The van der Waals surface area contributed by atoms with Gasteiger partial charge in [-0.15, -0.1) is 0 Å². The fourth-order valence-electron chi connectivity index (χ4n) is 2.60. The summed E-state index contributed by atoms with van der Waals surface area (Å²) in [6.07, 6.45) is 2.96. The van der Waals surface area contributed by atoms with Crippen molar-refractivity contribution in [3.8, 4) is 0 Å². The Morgan fingerprint density at radius 3 is 2.57 bits per heavy atom. The smallest absolute Gasteiger partial charge is 0.408 e. The van der Waals surface area contributed by atoms with E-state index in [0.29, 0.717) is 0 Å². The molecule has 1 N–H and O–H groups in total. The van der Waals surface area contributed by atoms with Gasteiger partial charge in [-0.2, -0.15) is 0 Å². The van der Waals surface area contributed by atoms with Gasteiger partial charge >= 0.3 is 12.1 Å². The molecule has 2 rings (SSSR count). The molecule has 0 unspecified atom stereocenters. The first-order valence-corrected chi connectivity index (χ1v) is 8.11. The molecule has 126 valence electrons. The summed E-state index contributed by atoms with van der Waals surface area (Å²) in [5.41, 5.74) is 0.763. The van der Waals surface area contributed by atoms with Gasteiger partial charge in [0.25, 0.3) is 0 Å². The zero-order chi connectivity index (χ0) is 16.9. The molecular formula is C18H25NO4. The summed E-state index contributed by atoms with van der Waals surface area (Å²) in [5.74, 6) is -0.407. The monoisotopic (exact) mass is 319 g/mol. The normalized spacial score (nSPS) is 20.4. The molecule has 1 aromatic rings. The van der Waals surface area contributed by atoms with Crippen LogP contribution in [0.25, 0.3) is 0 Å². The lowest BCUT2D eigenvalue weighted by molar-refractivity contribution is -0.174. The molecule has 2 atom stereocenters. The topological polar surface area (TPSA) is 64.6 Å². The molecule has 5 heteroatoms. The van der Waals surface area contributed by atoms with E-state index in [-0.39, 0.29) is 6.10 Å². The molecule has 0 aromatic heterocycles. The maximum atomic E-state index is 11.9. The van der Waals surface area contributed by atoms with Crippen molar-refractivity contribution >= 4 is 12.1 Å². The first kappa shape index (κ1) is 17.3. The van der Waals surface area contributed by atoms with Gasteiger partial charge in [0, 0.05) is 0 Å². The van der Waals surface area contributed by atoms with Gasteiger partial charge in [-0.05, 0) is 52.0 Å². The highest BCUT2D eigenvalue weighted by Gasteiger charge is 2.41. The van der Waals surface area contributed by atoms with Gasteiger partial charge in [0.2, 0.25) is 0 Å². The zero-order valence-corrected chi connectivity index (χ0v) is 14.0. The molecule has 0 bridgehead atoms. The summed E-state index contributed by atoms with van der Waals surface area (Å²) in [5, 5.41) is 2.55. The Bertz CT molecular complexity index is 541. The Labute approximate surface area is 137 Å². The van der Waals surface area contributed by atoms with Crippen LogP contribution in [0.4, 0.5) is 4.79 Å². The highest BCUT2D eigenvalue weighted by Crippen LogP contribution is 2.20. The Morgan fingerprint density at radius 2 is 1.96 bits per heavy atom. The van der Waals surface area contributed by atoms with Crippen LogP contribution in [0.15, 0.2) is 30.3 Å². The van der Waals surface area contributed by atoms with E-state index in [0.717, 1.165) is 25.7 Å². The summed E-state index contributed by atoms with van der Waals surface area (Å²) in [4.78, 5) is 23.1. The van der Waals surface area contributed by atoms with Gasteiger partial charge in [-0.3, -0.25) is 0 Å². The minimum Gasteiger partial charge on any atom is -0.458 e. The number of carbonyl (C=O) groups is 2. The fraction of sp³-hybridized carbons (Fsp3) is 0.556. The Morgan fingerprint density at radius 1 is 1.26 bits per heavy atom. The van der Waals surface area contributed by atoms with Crippen LogP contribution in [0, 0.1) is 0 Å². The number of unbranched alkanes of at least 4 members (excludes halogenated alkanes) is 1. The number of aryl methyl sites for hydroxylation is 1. The standard InChI is InChI=1S/C18H25NO4/c1-13-15(16(20)22-13)19-17(21)23-18(2,3)12-8-7-11-14-9-5-4-6-10-14/h4-6,9-10,13,15H,7-8,11-12H2,1-3H3,(H,19,21)/t13-,15+/m0/s1. The average molecular weight is 319 g/mol. The minimum absolute atomic E-state index is 0.288. The van der Waals surface area contributed by atoms with Crippen LogP contribution in [-0.4, -0.2) is 29.8 Å². The van der Waals surface area contributed by atoms with Crippen molar-refractivity contribution < 1.29 is 19.1 Å². The van der Waals surface area contributed by atoms with E-state index < -0.39 is 23.7 Å². The number of alkyl carbamates (subject to hydrolysis) is 1. The number of benzene rings is 1. The quantitative estimate of drug-likeness (QED) is 0.619. The van der Waals surface area contributed by atoms with E-state index in [2.05, 4.69) is 17.4 Å². The summed E-state index contributed by atoms with van der Waals surface area (Å²) in [6.45, 7) is 5.51. The molecule has 1 aliphatic rings. The van der Waals surface area contributed by atoms with Crippen LogP contribution in [0.3, 0.4) is 0 Å². The van der Waals surface area contributed by atoms with Crippen molar-refractivity contribution in [1.29, 1.82) is 0 Å². The van der Waals surface area contributed by atoms with Crippen molar-refractivity contribution in [3.63, 3.8) is 0 Å². The summed E-state index contributed by atoms with van der Waals surface area (Å²) in [7, 11) is 0. The molecule has 1 heterocycles. The fourth-order valence-corrected chi connectivity index (χ4v) is 2.60. The molecule has 0 spiro atoms. The molecule has 1 aromatic carbocycles. The number of carbonyl (C=O) groups excluding carboxylic acids is 2. The second kappa shape index (κ2) is 7.49.